The van der Waals surface area contributed by atoms with E-state index in [4.69, 9.17) is 4.74 Å². The second-order valence-corrected chi connectivity index (χ2v) is 6.46. The molecule has 28 heavy (non-hydrogen) atoms. The monoisotopic (exact) mass is 380 g/mol. The zero-order chi connectivity index (χ0) is 19.9. The number of methoxy groups -OCH3 is 2. The molecule has 1 heterocycles. The fraction of sp³-hybridized carbons (Fsp3) is 0.273. The van der Waals surface area contributed by atoms with E-state index in [1.165, 1.54) is 7.11 Å². The van der Waals surface area contributed by atoms with E-state index in [-0.39, 0.29) is 11.9 Å². The zero-order valence-electron chi connectivity index (χ0n) is 16.1. The van der Waals surface area contributed by atoms with Gasteiger partial charge in [0.25, 0.3) is 0 Å². The summed E-state index contributed by atoms with van der Waals surface area (Å²) in [6.45, 7) is 2.94. The molecule has 6 nitrogen and oxygen atoms in total. The van der Waals surface area contributed by atoms with Crippen molar-refractivity contribution in [2.24, 2.45) is 0 Å². The van der Waals surface area contributed by atoms with Crippen LogP contribution >= 0.6 is 0 Å². The summed E-state index contributed by atoms with van der Waals surface area (Å²) in [7, 11) is 3.00. The molecule has 0 atom stereocenters. The van der Waals surface area contributed by atoms with E-state index in [1.807, 2.05) is 29.2 Å². The van der Waals surface area contributed by atoms with Crippen molar-refractivity contribution < 1.29 is 19.1 Å². The number of hydrogen-bond donors (Lipinski definition) is 0. The van der Waals surface area contributed by atoms with Crippen LogP contribution in [0.4, 0.5) is 5.69 Å². The van der Waals surface area contributed by atoms with Crippen molar-refractivity contribution in [3.8, 4) is 5.75 Å². The second kappa shape index (κ2) is 9.08. The van der Waals surface area contributed by atoms with E-state index in [0.717, 1.165) is 30.1 Å². The lowest BCUT2D eigenvalue weighted by Gasteiger charge is -2.35. The molecule has 0 saturated carbocycles. The predicted molar refractivity (Wildman–Crippen MR) is 109 cm³/mol. The number of amides is 1. The Bertz CT molecular complexity index is 836. The molecule has 1 fully saturated rings. The maximum atomic E-state index is 12.4. The largest absolute Gasteiger partial charge is 0.497 e. The minimum absolute atomic E-state index is 0.00794. The number of esters is 1. The third-order valence-electron chi connectivity index (χ3n) is 4.78. The van der Waals surface area contributed by atoms with Crippen molar-refractivity contribution in [1.29, 1.82) is 0 Å². The van der Waals surface area contributed by atoms with Crippen LogP contribution in [-0.2, 0) is 9.53 Å². The van der Waals surface area contributed by atoms with Gasteiger partial charge in [0.15, 0.2) is 0 Å². The van der Waals surface area contributed by atoms with Gasteiger partial charge < -0.3 is 19.3 Å². The summed E-state index contributed by atoms with van der Waals surface area (Å²) in [4.78, 5) is 28.0. The van der Waals surface area contributed by atoms with Crippen LogP contribution in [0.1, 0.15) is 15.9 Å². The number of rotatable bonds is 5. The van der Waals surface area contributed by atoms with E-state index in [1.54, 1.807) is 43.5 Å². The Hall–Kier alpha value is -3.28. The first kappa shape index (κ1) is 19.5. The number of carbonyl (C=O) groups is 2. The maximum Gasteiger partial charge on any atom is 0.337 e. The van der Waals surface area contributed by atoms with E-state index in [0.29, 0.717) is 18.7 Å². The standard InChI is InChI=1S/C22H24N2O4/c1-27-20-10-8-19(9-11-20)23-13-15-24(16-14-23)21(25)12-5-17-3-6-18(7-4-17)22(26)28-2/h3-12H,13-16H2,1-2H3. The lowest BCUT2D eigenvalue weighted by atomic mass is 10.1. The summed E-state index contributed by atoms with van der Waals surface area (Å²) in [6.07, 6.45) is 3.34. The molecule has 0 aromatic heterocycles. The summed E-state index contributed by atoms with van der Waals surface area (Å²) in [5.41, 5.74) is 2.48. The van der Waals surface area contributed by atoms with Crippen LogP contribution in [0.2, 0.25) is 0 Å². The van der Waals surface area contributed by atoms with Crippen LogP contribution in [-0.4, -0.2) is 57.2 Å². The van der Waals surface area contributed by atoms with Crippen molar-refractivity contribution in [1.82, 2.24) is 4.90 Å². The van der Waals surface area contributed by atoms with Crippen molar-refractivity contribution >= 4 is 23.6 Å². The summed E-state index contributed by atoms with van der Waals surface area (Å²) < 4.78 is 9.87. The molecular formula is C22H24N2O4. The third kappa shape index (κ3) is 4.71. The van der Waals surface area contributed by atoms with Gasteiger partial charge in [0.05, 0.1) is 19.8 Å². The van der Waals surface area contributed by atoms with Crippen LogP contribution in [0.25, 0.3) is 6.08 Å². The molecule has 0 bridgehead atoms. The number of piperazine rings is 1. The van der Waals surface area contributed by atoms with Gasteiger partial charge in [-0.2, -0.15) is 0 Å². The predicted octanol–water partition coefficient (Wildman–Crippen LogP) is 2.84. The van der Waals surface area contributed by atoms with Crippen LogP contribution in [0, 0.1) is 0 Å². The van der Waals surface area contributed by atoms with Crippen molar-refractivity contribution in [3.05, 3.63) is 65.7 Å². The highest BCUT2D eigenvalue weighted by atomic mass is 16.5. The quantitative estimate of drug-likeness (QED) is 0.590. The van der Waals surface area contributed by atoms with Gasteiger partial charge >= 0.3 is 5.97 Å². The Labute approximate surface area is 165 Å². The minimum Gasteiger partial charge on any atom is -0.497 e. The van der Waals surface area contributed by atoms with Crippen LogP contribution in [0.3, 0.4) is 0 Å². The number of carbonyl (C=O) groups excluding carboxylic acids is 2. The van der Waals surface area contributed by atoms with Gasteiger partial charge in [0.2, 0.25) is 5.91 Å². The fourth-order valence-corrected chi connectivity index (χ4v) is 3.10. The maximum absolute atomic E-state index is 12.4. The molecule has 146 valence electrons. The highest BCUT2D eigenvalue weighted by Crippen LogP contribution is 2.20. The number of benzene rings is 2. The first-order valence-electron chi connectivity index (χ1n) is 9.15. The molecule has 1 saturated heterocycles. The Morgan fingerprint density at radius 2 is 1.54 bits per heavy atom. The summed E-state index contributed by atoms with van der Waals surface area (Å²) in [6, 6.07) is 14.9. The first-order chi connectivity index (χ1) is 13.6. The highest BCUT2D eigenvalue weighted by molar-refractivity contribution is 5.92. The number of ether oxygens (including phenoxy) is 2. The molecule has 0 aliphatic carbocycles. The van der Waals surface area contributed by atoms with E-state index in [2.05, 4.69) is 9.64 Å². The van der Waals surface area contributed by atoms with E-state index >= 15 is 0 Å². The Morgan fingerprint density at radius 1 is 0.893 bits per heavy atom. The smallest absolute Gasteiger partial charge is 0.337 e. The summed E-state index contributed by atoms with van der Waals surface area (Å²) in [5, 5.41) is 0. The molecule has 6 heteroatoms. The van der Waals surface area contributed by atoms with Crippen LogP contribution < -0.4 is 9.64 Å². The molecule has 0 spiro atoms. The molecule has 1 aliphatic heterocycles. The average molecular weight is 380 g/mol. The van der Waals surface area contributed by atoms with E-state index < -0.39 is 0 Å². The van der Waals surface area contributed by atoms with Crippen molar-refractivity contribution in [3.63, 3.8) is 0 Å². The molecule has 0 unspecified atom stereocenters. The van der Waals surface area contributed by atoms with Gasteiger partial charge in [-0.3, -0.25) is 4.79 Å². The van der Waals surface area contributed by atoms with Gasteiger partial charge in [0, 0.05) is 37.9 Å². The second-order valence-electron chi connectivity index (χ2n) is 6.46. The zero-order valence-corrected chi connectivity index (χ0v) is 16.1. The van der Waals surface area contributed by atoms with Gasteiger partial charge in [-0.15, -0.1) is 0 Å². The van der Waals surface area contributed by atoms with Crippen LogP contribution in [0.5, 0.6) is 5.75 Å². The normalized spacial score (nSPS) is 14.2. The molecule has 2 aromatic rings. The van der Waals surface area contributed by atoms with Crippen molar-refractivity contribution in [2.75, 3.05) is 45.3 Å². The SMILES string of the molecule is COC(=O)c1ccc(C=CC(=O)N2CCN(c3ccc(OC)cc3)CC2)cc1. The molecule has 1 amide bonds. The molecule has 0 N–H and O–H groups in total. The van der Waals surface area contributed by atoms with Gasteiger partial charge in [-0.1, -0.05) is 12.1 Å². The van der Waals surface area contributed by atoms with Gasteiger partial charge in [-0.05, 0) is 48.0 Å². The van der Waals surface area contributed by atoms with Gasteiger partial charge in [-0.25, -0.2) is 4.79 Å². The lowest BCUT2D eigenvalue weighted by Crippen LogP contribution is -2.48. The Balaban J connectivity index is 1.53. The molecule has 0 radical (unpaired) electrons. The Morgan fingerprint density at radius 3 is 2.11 bits per heavy atom. The minimum atomic E-state index is -0.374. The topological polar surface area (TPSA) is 59.1 Å². The number of anilines is 1. The van der Waals surface area contributed by atoms with E-state index in [9.17, 15) is 9.59 Å². The van der Waals surface area contributed by atoms with Crippen molar-refractivity contribution in [2.45, 2.75) is 0 Å². The van der Waals surface area contributed by atoms with Gasteiger partial charge in [0.1, 0.15) is 5.75 Å². The molecule has 2 aromatic carbocycles. The molecule has 1 aliphatic rings. The third-order valence-corrected chi connectivity index (χ3v) is 4.78. The number of hydrogen-bond acceptors (Lipinski definition) is 5. The molecule has 3 rings (SSSR count). The first-order valence-corrected chi connectivity index (χ1v) is 9.15. The van der Waals surface area contributed by atoms with Crippen LogP contribution in [0.15, 0.2) is 54.6 Å². The summed E-state index contributed by atoms with van der Waals surface area (Å²) >= 11 is 0. The number of nitrogens with zero attached hydrogens (tertiary/aromatic N) is 2. The fourth-order valence-electron chi connectivity index (χ4n) is 3.10. The summed E-state index contributed by atoms with van der Waals surface area (Å²) in [5.74, 6) is 0.454. The average Bonchev–Trinajstić information content (AvgIpc) is 2.77. The highest BCUT2D eigenvalue weighted by Gasteiger charge is 2.19. The molecular weight excluding hydrogens is 356 g/mol. The lowest BCUT2D eigenvalue weighted by molar-refractivity contribution is -0.126. The Kier molecular flexibility index (Phi) is 6.32.